The number of carbonyl (C=O) groups is 2. The van der Waals surface area contributed by atoms with Crippen LogP contribution in [0, 0.1) is 12.7 Å². The number of amides is 2. The van der Waals surface area contributed by atoms with E-state index in [2.05, 4.69) is 10.6 Å². The smallest absolute Gasteiger partial charge is 0.248 e. The SMILES string of the molecule is Cc1ccccc1[C@@H](C(=O)NC1CCCCC1)N(C(=O)[C@H]1CCCN1)c1cccc(F)c1. The minimum Gasteiger partial charge on any atom is -0.351 e. The molecule has 2 fully saturated rings. The molecule has 2 aromatic carbocycles. The standard InChI is InChI=1S/C26H32FN3O2/c1-18-9-5-6-14-22(18)24(25(31)29-20-11-3-2-4-12-20)30(21-13-7-10-19(27)17-21)26(32)23-15-8-16-28-23/h5-7,9-10,13-14,17,20,23-24,28H,2-4,8,11-12,15-16H2,1H3,(H,29,31)/t23-,24+/m1/s1. The number of anilines is 1. The fourth-order valence-corrected chi connectivity index (χ4v) is 4.91. The number of aryl methyl sites for hydroxylation is 1. The van der Waals surface area contributed by atoms with Gasteiger partial charge in [-0.2, -0.15) is 0 Å². The van der Waals surface area contributed by atoms with Gasteiger partial charge in [-0.05, 0) is 68.5 Å². The Hall–Kier alpha value is -2.73. The second kappa shape index (κ2) is 10.3. The summed E-state index contributed by atoms with van der Waals surface area (Å²) in [6, 6.07) is 12.5. The van der Waals surface area contributed by atoms with Crippen molar-refractivity contribution in [3.05, 3.63) is 65.5 Å². The lowest BCUT2D eigenvalue weighted by atomic mass is 9.93. The molecule has 0 unspecified atom stereocenters. The van der Waals surface area contributed by atoms with Crippen molar-refractivity contribution in [1.82, 2.24) is 10.6 Å². The first-order valence-electron chi connectivity index (χ1n) is 11.7. The number of nitrogens with zero attached hydrogens (tertiary/aromatic N) is 1. The summed E-state index contributed by atoms with van der Waals surface area (Å²) in [6.07, 6.45) is 6.88. The van der Waals surface area contributed by atoms with Gasteiger partial charge in [-0.15, -0.1) is 0 Å². The molecule has 2 amide bonds. The number of halogens is 1. The zero-order valence-corrected chi connectivity index (χ0v) is 18.6. The topological polar surface area (TPSA) is 61.4 Å². The third-order valence-corrected chi connectivity index (χ3v) is 6.62. The summed E-state index contributed by atoms with van der Waals surface area (Å²) >= 11 is 0. The Bertz CT molecular complexity index is 952. The van der Waals surface area contributed by atoms with Crippen molar-refractivity contribution < 1.29 is 14.0 Å². The summed E-state index contributed by atoms with van der Waals surface area (Å²) in [4.78, 5) is 29.0. The molecule has 0 aromatic heterocycles. The lowest BCUT2D eigenvalue weighted by Gasteiger charge is -2.35. The molecule has 2 atom stereocenters. The molecule has 1 aliphatic carbocycles. The first-order valence-corrected chi connectivity index (χ1v) is 11.7. The Morgan fingerprint density at radius 1 is 1.03 bits per heavy atom. The zero-order chi connectivity index (χ0) is 22.5. The van der Waals surface area contributed by atoms with E-state index in [1.807, 2.05) is 31.2 Å². The molecule has 2 aromatic rings. The first kappa shape index (κ1) is 22.5. The maximum Gasteiger partial charge on any atom is 0.248 e. The predicted molar refractivity (Wildman–Crippen MR) is 124 cm³/mol. The van der Waals surface area contributed by atoms with Crippen LogP contribution >= 0.6 is 0 Å². The second-order valence-corrected chi connectivity index (χ2v) is 8.94. The van der Waals surface area contributed by atoms with E-state index in [-0.39, 0.29) is 23.9 Å². The third kappa shape index (κ3) is 5.01. The second-order valence-electron chi connectivity index (χ2n) is 8.94. The summed E-state index contributed by atoms with van der Waals surface area (Å²) in [5.41, 5.74) is 2.08. The molecule has 0 radical (unpaired) electrons. The van der Waals surface area contributed by atoms with Gasteiger partial charge in [-0.1, -0.05) is 49.6 Å². The molecule has 0 spiro atoms. The van der Waals surface area contributed by atoms with Gasteiger partial charge in [0.1, 0.15) is 11.9 Å². The highest BCUT2D eigenvalue weighted by molar-refractivity contribution is 6.04. The van der Waals surface area contributed by atoms with E-state index >= 15 is 0 Å². The van der Waals surface area contributed by atoms with Crippen molar-refractivity contribution >= 4 is 17.5 Å². The van der Waals surface area contributed by atoms with Crippen LogP contribution in [-0.2, 0) is 9.59 Å². The molecule has 4 rings (SSSR count). The molecule has 2 aliphatic rings. The van der Waals surface area contributed by atoms with Gasteiger partial charge in [0.25, 0.3) is 0 Å². The number of hydrogen-bond acceptors (Lipinski definition) is 3. The highest BCUT2D eigenvalue weighted by Crippen LogP contribution is 2.32. The van der Waals surface area contributed by atoms with Crippen LogP contribution in [0.2, 0.25) is 0 Å². The van der Waals surface area contributed by atoms with E-state index in [0.717, 1.165) is 49.8 Å². The molecule has 2 N–H and O–H groups in total. The lowest BCUT2D eigenvalue weighted by Crippen LogP contribution is -2.51. The normalized spacial score (nSPS) is 20.0. The van der Waals surface area contributed by atoms with Crippen LogP contribution < -0.4 is 15.5 Å². The van der Waals surface area contributed by atoms with Crippen LogP contribution in [0.15, 0.2) is 48.5 Å². The molecule has 5 nitrogen and oxygen atoms in total. The zero-order valence-electron chi connectivity index (χ0n) is 18.6. The quantitative estimate of drug-likeness (QED) is 0.704. The van der Waals surface area contributed by atoms with Gasteiger partial charge >= 0.3 is 0 Å². The Kier molecular flexibility index (Phi) is 7.20. The molecule has 170 valence electrons. The Morgan fingerprint density at radius 3 is 2.50 bits per heavy atom. The van der Waals surface area contributed by atoms with Crippen molar-refractivity contribution in [2.45, 2.75) is 70.0 Å². The molecular weight excluding hydrogens is 405 g/mol. The van der Waals surface area contributed by atoms with Crippen LogP contribution in [0.25, 0.3) is 0 Å². The van der Waals surface area contributed by atoms with E-state index in [4.69, 9.17) is 0 Å². The fourth-order valence-electron chi connectivity index (χ4n) is 4.91. The lowest BCUT2D eigenvalue weighted by molar-refractivity contribution is -0.128. The van der Waals surface area contributed by atoms with Crippen molar-refractivity contribution in [2.75, 3.05) is 11.4 Å². The molecule has 6 heteroatoms. The molecular formula is C26H32FN3O2. The highest BCUT2D eigenvalue weighted by atomic mass is 19.1. The van der Waals surface area contributed by atoms with Crippen molar-refractivity contribution in [1.29, 1.82) is 0 Å². The van der Waals surface area contributed by atoms with Crippen LogP contribution in [0.5, 0.6) is 0 Å². The summed E-state index contributed by atoms with van der Waals surface area (Å²) in [7, 11) is 0. The molecule has 1 saturated heterocycles. The summed E-state index contributed by atoms with van der Waals surface area (Å²) in [5, 5.41) is 6.45. The maximum absolute atomic E-state index is 14.2. The number of carbonyl (C=O) groups excluding carboxylic acids is 2. The monoisotopic (exact) mass is 437 g/mol. The first-order chi connectivity index (χ1) is 15.5. The Balaban J connectivity index is 1.77. The van der Waals surface area contributed by atoms with Gasteiger partial charge in [-0.3, -0.25) is 14.5 Å². The van der Waals surface area contributed by atoms with E-state index in [1.54, 1.807) is 12.1 Å². The van der Waals surface area contributed by atoms with Crippen molar-refractivity contribution in [3.63, 3.8) is 0 Å². The average Bonchev–Trinajstić information content (AvgIpc) is 3.33. The van der Waals surface area contributed by atoms with Gasteiger partial charge in [0, 0.05) is 11.7 Å². The number of rotatable bonds is 6. The van der Waals surface area contributed by atoms with Gasteiger partial charge in [0.15, 0.2) is 0 Å². The fraction of sp³-hybridized carbons (Fsp3) is 0.462. The largest absolute Gasteiger partial charge is 0.351 e. The summed E-state index contributed by atoms with van der Waals surface area (Å²) in [6.45, 7) is 2.70. The van der Waals surface area contributed by atoms with Gasteiger partial charge in [0.05, 0.1) is 6.04 Å². The van der Waals surface area contributed by atoms with Crippen LogP contribution in [0.3, 0.4) is 0 Å². The number of nitrogens with one attached hydrogen (secondary N) is 2. The number of benzene rings is 2. The van der Waals surface area contributed by atoms with Crippen LogP contribution in [-0.4, -0.2) is 30.4 Å². The van der Waals surface area contributed by atoms with E-state index in [9.17, 15) is 14.0 Å². The average molecular weight is 438 g/mol. The van der Waals surface area contributed by atoms with Crippen molar-refractivity contribution in [3.8, 4) is 0 Å². The summed E-state index contributed by atoms with van der Waals surface area (Å²) < 4.78 is 14.2. The Labute approximate surface area is 189 Å². The molecule has 0 bridgehead atoms. The van der Waals surface area contributed by atoms with Gasteiger partial charge in [-0.25, -0.2) is 4.39 Å². The predicted octanol–water partition coefficient (Wildman–Crippen LogP) is 4.41. The Morgan fingerprint density at radius 2 is 1.81 bits per heavy atom. The maximum atomic E-state index is 14.2. The van der Waals surface area contributed by atoms with Gasteiger partial charge < -0.3 is 10.6 Å². The number of hydrogen-bond donors (Lipinski definition) is 2. The molecule has 1 aliphatic heterocycles. The summed E-state index contributed by atoms with van der Waals surface area (Å²) in [5.74, 6) is -0.835. The van der Waals surface area contributed by atoms with Crippen LogP contribution in [0.4, 0.5) is 10.1 Å². The molecule has 32 heavy (non-hydrogen) atoms. The minimum absolute atomic E-state index is 0.108. The molecule has 1 saturated carbocycles. The highest BCUT2D eigenvalue weighted by Gasteiger charge is 2.38. The third-order valence-electron chi connectivity index (χ3n) is 6.62. The van der Waals surface area contributed by atoms with Crippen molar-refractivity contribution in [2.24, 2.45) is 0 Å². The molecule has 1 heterocycles. The van der Waals surface area contributed by atoms with E-state index in [1.165, 1.54) is 23.5 Å². The van der Waals surface area contributed by atoms with E-state index < -0.39 is 11.9 Å². The van der Waals surface area contributed by atoms with Crippen LogP contribution in [0.1, 0.15) is 62.1 Å². The van der Waals surface area contributed by atoms with Gasteiger partial charge in [0.2, 0.25) is 11.8 Å². The minimum atomic E-state index is -0.866. The van der Waals surface area contributed by atoms with E-state index in [0.29, 0.717) is 12.1 Å².